The summed E-state index contributed by atoms with van der Waals surface area (Å²) in [7, 11) is -0.597. The Balaban J connectivity index is 3.05. The highest BCUT2D eigenvalue weighted by atomic mass is 35.5. The molecule has 1 aromatic rings. The first kappa shape index (κ1) is 15.4. The quantitative estimate of drug-likeness (QED) is 0.853. The first-order chi connectivity index (χ1) is 8.43. The lowest BCUT2D eigenvalue weighted by Gasteiger charge is -2.17. The predicted octanol–water partition coefficient (Wildman–Crippen LogP) is 1.10. The maximum Gasteiger partial charge on any atom is 0.242 e. The zero-order valence-electron chi connectivity index (χ0n) is 10.3. The number of aliphatic hydroxyl groups excluding tert-OH is 1. The summed E-state index contributed by atoms with van der Waals surface area (Å²) in [5, 5.41) is 9.42. The Bertz CT molecular complexity index is 504. The van der Waals surface area contributed by atoms with Crippen molar-refractivity contribution >= 4 is 21.6 Å². The van der Waals surface area contributed by atoms with Crippen molar-refractivity contribution in [2.45, 2.75) is 11.5 Å². The fourth-order valence-corrected chi connectivity index (χ4v) is 2.74. The average molecular weight is 294 g/mol. The molecule has 0 aliphatic heterocycles. The molecule has 0 saturated carbocycles. The molecule has 0 aliphatic rings. The van der Waals surface area contributed by atoms with E-state index in [-0.39, 0.29) is 18.0 Å². The molecule has 102 valence electrons. The van der Waals surface area contributed by atoms with Crippen LogP contribution in [0, 0.1) is 0 Å². The number of nitrogens with zero attached hydrogens (tertiary/aromatic N) is 1. The van der Waals surface area contributed by atoms with Crippen molar-refractivity contribution in [3.05, 3.63) is 28.8 Å². The molecule has 0 unspecified atom stereocenters. The van der Waals surface area contributed by atoms with Crippen molar-refractivity contribution in [3.63, 3.8) is 0 Å². The third-order valence-corrected chi connectivity index (χ3v) is 4.73. The lowest BCUT2D eigenvalue weighted by atomic mass is 10.2. The highest BCUT2D eigenvalue weighted by molar-refractivity contribution is 7.89. The maximum atomic E-state index is 12.2. The standard InChI is InChI=1S/C11H16ClNO4S/c1-13(5-6-17-2)18(15,16)10-3-4-11(12)9(7-10)8-14/h3-4,7,14H,5-6,8H2,1-2H3. The average Bonchev–Trinajstić information content (AvgIpc) is 2.36. The number of aliphatic hydroxyl groups is 1. The Labute approximate surface area is 112 Å². The van der Waals surface area contributed by atoms with Crippen LogP contribution in [0.25, 0.3) is 0 Å². The minimum absolute atomic E-state index is 0.106. The van der Waals surface area contributed by atoms with E-state index in [1.807, 2.05) is 0 Å². The topological polar surface area (TPSA) is 66.8 Å². The highest BCUT2D eigenvalue weighted by Gasteiger charge is 2.21. The molecule has 0 amide bonds. The number of halogens is 1. The molecular weight excluding hydrogens is 278 g/mol. The third kappa shape index (κ3) is 3.43. The van der Waals surface area contributed by atoms with Gasteiger partial charge in [-0.1, -0.05) is 11.6 Å². The summed E-state index contributed by atoms with van der Waals surface area (Å²) in [5.41, 5.74) is 0.387. The second kappa shape index (κ2) is 6.49. The minimum atomic E-state index is -3.58. The number of sulfonamides is 1. The maximum absolute atomic E-state index is 12.2. The van der Waals surface area contributed by atoms with Crippen LogP contribution < -0.4 is 0 Å². The molecule has 1 aromatic carbocycles. The molecule has 0 aliphatic carbocycles. The van der Waals surface area contributed by atoms with E-state index in [0.717, 1.165) is 0 Å². The lowest BCUT2D eigenvalue weighted by molar-refractivity contribution is 0.185. The smallest absolute Gasteiger partial charge is 0.242 e. The zero-order valence-corrected chi connectivity index (χ0v) is 11.8. The van der Waals surface area contributed by atoms with Gasteiger partial charge < -0.3 is 9.84 Å². The number of ether oxygens (including phenoxy) is 1. The van der Waals surface area contributed by atoms with Crippen LogP contribution in [0.1, 0.15) is 5.56 Å². The van der Waals surface area contributed by atoms with Crippen LogP contribution in [-0.4, -0.2) is 45.1 Å². The summed E-state index contributed by atoms with van der Waals surface area (Å²) in [6, 6.07) is 4.26. The number of hydrogen-bond donors (Lipinski definition) is 1. The molecule has 0 atom stereocenters. The van der Waals surface area contributed by atoms with Crippen molar-refractivity contribution in [2.24, 2.45) is 0 Å². The van der Waals surface area contributed by atoms with Crippen molar-refractivity contribution < 1.29 is 18.3 Å². The van der Waals surface area contributed by atoms with Crippen LogP contribution in [0.5, 0.6) is 0 Å². The zero-order chi connectivity index (χ0) is 13.8. The molecule has 1 N–H and O–H groups in total. The Kier molecular flexibility index (Phi) is 5.55. The largest absolute Gasteiger partial charge is 0.392 e. The van der Waals surface area contributed by atoms with E-state index in [1.54, 1.807) is 0 Å². The highest BCUT2D eigenvalue weighted by Crippen LogP contribution is 2.22. The van der Waals surface area contributed by atoms with E-state index >= 15 is 0 Å². The van der Waals surface area contributed by atoms with Gasteiger partial charge in [-0.3, -0.25) is 0 Å². The van der Waals surface area contributed by atoms with Crippen molar-refractivity contribution in [3.8, 4) is 0 Å². The van der Waals surface area contributed by atoms with Gasteiger partial charge >= 0.3 is 0 Å². The Hall–Kier alpha value is -0.660. The number of methoxy groups -OCH3 is 1. The van der Waals surface area contributed by atoms with Gasteiger partial charge in [0.15, 0.2) is 0 Å². The fraction of sp³-hybridized carbons (Fsp3) is 0.455. The minimum Gasteiger partial charge on any atom is -0.392 e. The van der Waals surface area contributed by atoms with Crippen LogP contribution in [0.15, 0.2) is 23.1 Å². The van der Waals surface area contributed by atoms with Crippen LogP contribution in [-0.2, 0) is 21.4 Å². The monoisotopic (exact) mass is 293 g/mol. The molecule has 18 heavy (non-hydrogen) atoms. The van der Waals surface area contributed by atoms with E-state index < -0.39 is 10.0 Å². The molecule has 0 fully saturated rings. The summed E-state index contributed by atoms with van der Waals surface area (Å²) in [4.78, 5) is 0.106. The van der Waals surface area contributed by atoms with E-state index in [4.69, 9.17) is 21.4 Å². The SMILES string of the molecule is COCCN(C)S(=O)(=O)c1ccc(Cl)c(CO)c1. The molecule has 1 rings (SSSR count). The van der Waals surface area contributed by atoms with Crippen LogP contribution in [0.2, 0.25) is 5.02 Å². The first-order valence-electron chi connectivity index (χ1n) is 5.28. The lowest BCUT2D eigenvalue weighted by Crippen LogP contribution is -2.30. The summed E-state index contributed by atoms with van der Waals surface area (Å²) >= 11 is 5.82. The van der Waals surface area contributed by atoms with Gasteiger partial charge in [-0.2, -0.15) is 4.31 Å². The number of benzene rings is 1. The molecular formula is C11H16ClNO4S. The van der Waals surface area contributed by atoms with Crippen LogP contribution in [0.3, 0.4) is 0 Å². The third-order valence-electron chi connectivity index (χ3n) is 2.51. The molecule has 7 heteroatoms. The van der Waals surface area contributed by atoms with Gasteiger partial charge in [0.1, 0.15) is 0 Å². The second-order valence-electron chi connectivity index (χ2n) is 3.73. The van der Waals surface area contributed by atoms with Gasteiger partial charge in [-0.25, -0.2) is 8.42 Å². The van der Waals surface area contributed by atoms with E-state index in [1.165, 1.54) is 36.7 Å². The van der Waals surface area contributed by atoms with Gasteiger partial charge in [-0.05, 0) is 23.8 Å². The van der Waals surface area contributed by atoms with Gasteiger partial charge in [-0.15, -0.1) is 0 Å². The Morgan fingerprint density at radius 2 is 2.11 bits per heavy atom. The molecule has 0 aromatic heterocycles. The summed E-state index contributed by atoms with van der Waals surface area (Å²) in [5.74, 6) is 0. The van der Waals surface area contributed by atoms with Gasteiger partial charge in [0, 0.05) is 25.7 Å². The van der Waals surface area contributed by atoms with Crippen LogP contribution >= 0.6 is 11.6 Å². The number of hydrogen-bond acceptors (Lipinski definition) is 4. The van der Waals surface area contributed by atoms with Gasteiger partial charge in [0.25, 0.3) is 0 Å². The Morgan fingerprint density at radius 1 is 1.44 bits per heavy atom. The molecule has 0 heterocycles. The normalized spacial score (nSPS) is 12.1. The van der Waals surface area contributed by atoms with Crippen molar-refractivity contribution in [1.82, 2.24) is 4.31 Å². The predicted molar refractivity (Wildman–Crippen MR) is 69.1 cm³/mol. The number of likely N-dealkylation sites (N-methyl/N-ethyl adjacent to an activating group) is 1. The van der Waals surface area contributed by atoms with Gasteiger partial charge in [0.05, 0.1) is 18.1 Å². The Morgan fingerprint density at radius 3 is 2.67 bits per heavy atom. The molecule has 0 radical (unpaired) electrons. The van der Waals surface area contributed by atoms with E-state index in [2.05, 4.69) is 0 Å². The van der Waals surface area contributed by atoms with E-state index in [9.17, 15) is 8.42 Å². The van der Waals surface area contributed by atoms with Crippen LogP contribution in [0.4, 0.5) is 0 Å². The molecule has 5 nitrogen and oxygen atoms in total. The summed E-state index contributed by atoms with van der Waals surface area (Å²) in [6.45, 7) is 0.274. The first-order valence-corrected chi connectivity index (χ1v) is 7.10. The van der Waals surface area contributed by atoms with Crippen molar-refractivity contribution in [1.29, 1.82) is 0 Å². The summed E-state index contributed by atoms with van der Waals surface area (Å²) in [6.07, 6.45) is 0. The molecule has 0 bridgehead atoms. The molecule has 0 spiro atoms. The van der Waals surface area contributed by atoms with Crippen molar-refractivity contribution in [2.75, 3.05) is 27.3 Å². The van der Waals surface area contributed by atoms with E-state index in [0.29, 0.717) is 17.2 Å². The molecule has 0 saturated heterocycles. The summed E-state index contributed by atoms with van der Waals surface area (Å²) < 4.78 is 30.4. The fourth-order valence-electron chi connectivity index (χ4n) is 1.35. The second-order valence-corrected chi connectivity index (χ2v) is 6.18. The van der Waals surface area contributed by atoms with Gasteiger partial charge in [0.2, 0.25) is 10.0 Å². The number of rotatable bonds is 6.